The van der Waals surface area contributed by atoms with E-state index in [4.69, 9.17) is 4.52 Å². The highest BCUT2D eigenvalue weighted by Crippen LogP contribution is 2.29. The summed E-state index contributed by atoms with van der Waals surface area (Å²) >= 11 is 0. The molecule has 170 valence electrons. The predicted octanol–water partition coefficient (Wildman–Crippen LogP) is 3.67. The van der Waals surface area contributed by atoms with E-state index in [9.17, 15) is 13.9 Å². The van der Waals surface area contributed by atoms with E-state index in [1.807, 2.05) is 0 Å². The lowest BCUT2D eigenvalue weighted by atomic mass is 10.0. The van der Waals surface area contributed by atoms with E-state index in [2.05, 4.69) is 20.2 Å². The molecule has 0 saturated carbocycles. The fourth-order valence-electron chi connectivity index (χ4n) is 4.14. The third kappa shape index (κ3) is 4.21. The van der Waals surface area contributed by atoms with Crippen LogP contribution >= 0.6 is 0 Å². The fourth-order valence-corrected chi connectivity index (χ4v) is 4.14. The number of anilines is 1. The van der Waals surface area contributed by atoms with Gasteiger partial charge in [0.05, 0.1) is 31.1 Å². The number of benzene rings is 1. The number of hydrogen-bond acceptors (Lipinski definition) is 7. The Morgan fingerprint density at radius 3 is 2.76 bits per heavy atom. The van der Waals surface area contributed by atoms with E-state index in [0.29, 0.717) is 29.2 Å². The molecular weight excluding hydrogens is 430 g/mol. The summed E-state index contributed by atoms with van der Waals surface area (Å²) in [5.74, 6) is -0.529. The highest BCUT2D eigenvalue weighted by atomic mass is 19.1. The summed E-state index contributed by atoms with van der Waals surface area (Å²) in [6, 6.07) is 9.65. The number of rotatable bonds is 6. The lowest BCUT2D eigenvalue weighted by Crippen LogP contribution is -2.43. The molecule has 4 aromatic rings. The van der Waals surface area contributed by atoms with Gasteiger partial charge in [-0.05, 0) is 31.4 Å². The second-order valence-electron chi connectivity index (χ2n) is 7.94. The summed E-state index contributed by atoms with van der Waals surface area (Å²) in [7, 11) is 0. The zero-order valence-corrected chi connectivity index (χ0v) is 17.7. The van der Waals surface area contributed by atoms with Crippen LogP contribution in [0.25, 0.3) is 22.9 Å². The Morgan fingerprint density at radius 1 is 1.09 bits per heavy atom. The average Bonchev–Trinajstić information content (AvgIpc) is 3.51. The first-order valence-electron chi connectivity index (χ1n) is 10.8. The topological polar surface area (TPSA) is 93.1 Å². The summed E-state index contributed by atoms with van der Waals surface area (Å²) in [5, 5.41) is 18.3. The van der Waals surface area contributed by atoms with E-state index in [1.54, 1.807) is 39.9 Å². The van der Waals surface area contributed by atoms with E-state index in [1.165, 1.54) is 12.3 Å². The Morgan fingerprint density at radius 2 is 1.97 bits per heavy atom. The van der Waals surface area contributed by atoms with Gasteiger partial charge in [0.2, 0.25) is 0 Å². The molecule has 1 unspecified atom stereocenters. The van der Waals surface area contributed by atoms with Gasteiger partial charge in [0.15, 0.2) is 17.5 Å². The van der Waals surface area contributed by atoms with Crippen LogP contribution in [-0.4, -0.2) is 49.2 Å². The second-order valence-corrected chi connectivity index (χ2v) is 7.94. The summed E-state index contributed by atoms with van der Waals surface area (Å²) < 4.78 is 35.5. The molecule has 1 saturated heterocycles. The van der Waals surface area contributed by atoms with E-state index in [0.717, 1.165) is 25.5 Å². The normalized spacial score (nSPS) is 16.3. The molecule has 0 radical (unpaired) electrons. The minimum Gasteiger partial charge on any atom is -0.394 e. The Balaban J connectivity index is 1.55. The number of aliphatic hydroxyl groups is 1. The number of aliphatic hydroxyl groups excluding tert-OH is 1. The molecule has 10 heteroatoms. The van der Waals surface area contributed by atoms with Gasteiger partial charge in [-0.15, -0.1) is 0 Å². The summed E-state index contributed by atoms with van der Waals surface area (Å²) in [6.45, 7) is 0.679. The molecule has 3 aromatic heterocycles. The molecule has 1 aliphatic rings. The van der Waals surface area contributed by atoms with E-state index in [-0.39, 0.29) is 36.7 Å². The molecule has 1 N–H and O–H groups in total. The number of aromatic nitrogens is 5. The van der Waals surface area contributed by atoms with Crippen molar-refractivity contribution in [2.45, 2.75) is 31.8 Å². The Kier molecular flexibility index (Phi) is 5.82. The van der Waals surface area contributed by atoms with Crippen molar-refractivity contribution in [3.63, 3.8) is 0 Å². The van der Waals surface area contributed by atoms with Crippen LogP contribution < -0.4 is 4.90 Å². The van der Waals surface area contributed by atoms with E-state index < -0.39 is 5.82 Å². The first-order valence-corrected chi connectivity index (χ1v) is 10.8. The molecule has 1 atom stereocenters. The number of halogens is 2. The number of hydrogen-bond donors (Lipinski definition) is 1. The van der Waals surface area contributed by atoms with Crippen LogP contribution in [0.15, 0.2) is 53.4 Å². The Labute approximate surface area is 188 Å². The molecular formula is C23H22F2N6O2. The first kappa shape index (κ1) is 21.2. The minimum absolute atomic E-state index is 0.0770. The van der Waals surface area contributed by atoms with Gasteiger partial charge in [0, 0.05) is 18.2 Å². The zero-order valence-electron chi connectivity index (χ0n) is 17.7. The van der Waals surface area contributed by atoms with Gasteiger partial charge < -0.3 is 14.5 Å². The number of piperidine rings is 1. The third-order valence-corrected chi connectivity index (χ3v) is 5.82. The van der Waals surface area contributed by atoms with Crippen molar-refractivity contribution in [2.75, 3.05) is 18.1 Å². The van der Waals surface area contributed by atoms with Crippen molar-refractivity contribution < 1.29 is 18.4 Å². The Hall–Kier alpha value is -3.66. The maximum atomic E-state index is 14.7. The van der Waals surface area contributed by atoms with E-state index >= 15 is 0 Å². The number of nitrogens with zero attached hydrogens (tertiary/aromatic N) is 6. The second kappa shape index (κ2) is 9.07. The molecule has 0 bridgehead atoms. The quantitative estimate of drug-likeness (QED) is 0.477. The molecule has 1 aliphatic heterocycles. The van der Waals surface area contributed by atoms with Gasteiger partial charge in [-0.2, -0.15) is 5.10 Å². The van der Waals surface area contributed by atoms with Gasteiger partial charge in [-0.3, -0.25) is 4.68 Å². The van der Waals surface area contributed by atoms with Crippen molar-refractivity contribution in [1.29, 1.82) is 0 Å². The molecule has 8 nitrogen and oxygen atoms in total. The summed E-state index contributed by atoms with van der Waals surface area (Å²) in [4.78, 5) is 10.4. The first-order chi connectivity index (χ1) is 16.1. The van der Waals surface area contributed by atoms with Gasteiger partial charge >= 0.3 is 0 Å². The van der Waals surface area contributed by atoms with Crippen molar-refractivity contribution in [3.8, 4) is 22.9 Å². The average molecular weight is 452 g/mol. The van der Waals surface area contributed by atoms with Crippen molar-refractivity contribution >= 4 is 5.82 Å². The maximum Gasteiger partial charge on any atom is 0.183 e. The van der Waals surface area contributed by atoms with Crippen LogP contribution in [-0.2, 0) is 6.54 Å². The Bertz CT molecular complexity index is 1240. The zero-order chi connectivity index (χ0) is 22.8. The van der Waals surface area contributed by atoms with Crippen LogP contribution in [0.5, 0.6) is 0 Å². The van der Waals surface area contributed by atoms with Gasteiger partial charge in [0.1, 0.15) is 23.5 Å². The monoisotopic (exact) mass is 452 g/mol. The highest BCUT2D eigenvalue weighted by Gasteiger charge is 2.27. The maximum absolute atomic E-state index is 14.7. The predicted molar refractivity (Wildman–Crippen MR) is 116 cm³/mol. The van der Waals surface area contributed by atoms with Crippen LogP contribution in [0.4, 0.5) is 14.6 Å². The van der Waals surface area contributed by atoms with Gasteiger partial charge in [-0.1, -0.05) is 23.4 Å². The SMILES string of the molecule is OCC1CCCCN1c1nc(-c2cc(-c3ccon3)n(Cc3ccccc3F)n2)ncc1F. The molecule has 33 heavy (non-hydrogen) atoms. The molecule has 0 amide bonds. The van der Waals surface area contributed by atoms with Crippen LogP contribution in [0.1, 0.15) is 24.8 Å². The lowest BCUT2D eigenvalue weighted by molar-refractivity contribution is 0.238. The summed E-state index contributed by atoms with van der Waals surface area (Å²) in [6.07, 6.45) is 5.19. The fraction of sp³-hybridized carbons (Fsp3) is 0.304. The van der Waals surface area contributed by atoms with Crippen molar-refractivity contribution in [3.05, 3.63) is 66.1 Å². The summed E-state index contributed by atoms with van der Waals surface area (Å²) in [5.41, 5.74) is 1.95. The molecule has 5 rings (SSSR count). The van der Waals surface area contributed by atoms with Gasteiger partial charge in [0.25, 0.3) is 0 Å². The standard InChI is InChI=1S/C23H22F2N6O2/c24-17-7-2-1-5-15(17)13-31-21(19-8-10-33-29-19)11-20(28-31)22-26-12-18(25)23(27-22)30-9-4-3-6-16(30)14-32/h1-2,5,7-8,10-12,16,32H,3-4,6,9,13-14H2. The van der Waals surface area contributed by atoms with Crippen LogP contribution in [0.3, 0.4) is 0 Å². The van der Waals surface area contributed by atoms with Crippen molar-refractivity contribution in [1.82, 2.24) is 24.9 Å². The molecule has 4 heterocycles. The molecule has 1 aromatic carbocycles. The highest BCUT2D eigenvalue weighted by molar-refractivity contribution is 5.63. The van der Waals surface area contributed by atoms with Crippen molar-refractivity contribution in [2.24, 2.45) is 0 Å². The molecule has 0 aliphatic carbocycles. The molecule has 0 spiro atoms. The molecule has 1 fully saturated rings. The lowest BCUT2D eigenvalue weighted by Gasteiger charge is -2.35. The van der Waals surface area contributed by atoms with Gasteiger partial charge in [-0.25, -0.2) is 18.7 Å². The largest absolute Gasteiger partial charge is 0.394 e. The minimum atomic E-state index is -0.554. The van der Waals surface area contributed by atoms with Crippen LogP contribution in [0, 0.1) is 11.6 Å². The van der Waals surface area contributed by atoms with Crippen LogP contribution in [0.2, 0.25) is 0 Å². The third-order valence-electron chi connectivity index (χ3n) is 5.82. The smallest absolute Gasteiger partial charge is 0.183 e.